The summed E-state index contributed by atoms with van der Waals surface area (Å²) in [5, 5.41) is 3.57. The van der Waals surface area contributed by atoms with Gasteiger partial charge in [-0.3, -0.25) is 4.79 Å². The van der Waals surface area contributed by atoms with E-state index in [2.05, 4.69) is 38.2 Å². The maximum Gasteiger partial charge on any atom is 0.163 e. The molecular formula is C26H29NO4. The van der Waals surface area contributed by atoms with Crippen molar-refractivity contribution in [3.8, 4) is 17.2 Å². The molecule has 0 radical (unpaired) electrons. The molecule has 1 atom stereocenters. The number of allylic oxidation sites excluding steroid dienone is 2. The van der Waals surface area contributed by atoms with Gasteiger partial charge >= 0.3 is 0 Å². The molecule has 162 valence electrons. The van der Waals surface area contributed by atoms with E-state index in [0.29, 0.717) is 26.2 Å². The van der Waals surface area contributed by atoms with Crippen LogP contribution in [0.1, 0.15) is 57.1 Å². The molecule has 0 fully saturated rings. The lowest BCUT2D eigenvalue weighted by molar-refractivity contribution is -0.118. The highest BCUT2D eigenvalue weighted by atomic mass is 16.6. The van der Waals surface area contributed by atoms with Crippen LogP contribution < -0.4 is 19.5 Å². The van der Waals surface area contributed by atoms with Crippen LogP contribution >= 0.6 is 0 Å². The van der Waals surface area contributed by atoms with Crippen molar-refractivity contribution in [3.63, 3.8) is 0 Å². The Morgan fingerprint density at radius 1 is 1.06 bits per heavy atom. The standard InChI is InChI=1S/C26H29NO4/c1-4-9-29-17-7-5-16(6-8-17)24-18-12-22-23(31-11-10-30-22)13-19(18)27-20-14-26(2,3)15-21(28)25(20)24/h5-8,12-13,24,27H,4,9-11,14-15H2,1-3H3/t24-/m1/s1. The smallest absolute Gasteiger partial charge is 0.163 e. The molecule has 0 aromatic heterocycles. The van der Waals surface area contributed by atoms with Gasteiger partial charge in [-0.05, 0) is 47.6 Å². The quantitative estimate of drug-likeness (QED) is 0.714. The Balaban J connectivity index is 1.63. The van der Waals surface area contributed by atoms with Crippen molar-refractivity contribution in [2.75, 3.05) is 25.1 Å². The highest BCUT2D eigenvalue weighted by Crippen LogP contribution is 2.51. The molecule has 1 N–H and O–H groups in total. The number of ketones is 1. The molecule has 0 amide bonds. The van der Waals surface area contributed by atoms with E-state index >= 15 is 0 Å². The van der Waals surface area contributed by atoms with Gasteiger partial charge in [0.15, 0.2) is 17.3 Å². The topological polar surface area (TPSA) is 56.8 Å². The second-order valence-electron chi connectivity index (χ2n) is 9.39. The molecule has 2 heterocycles. The summed E-state index contributed by atoms with van der Waals surface area (Å²) in [5.41, 5.74) is 4.98. The third-order valence-electron chi connectivity index (χ3n) is 6.21. The second-order valence-corrected chi connectivity index (χ2v) is 9.39. The zero-order valence-corrected chi connectivity index (χ0v) is 18.4. The molecule has 0 unspecified atom stereocenters. The Morgan fingerprint density at radius 2 is 1.77 bits per heavy atom. The van der Waals surface area contributed by atoms with Gasteiger partial charge < -0.3 is 19.5 Å². The fourth-order valence-electron chi connectivity index (χ4n) is 4.87. The molecule has 0 bridgehead atoms. The largest absolute Gasteiger partial charge is 0.494 e. The SMILES string of the molecule is CCCOc1ccc([C@H]2C3=C(CC(C)(C)CC3=O)Nc3cc4c(cc32)OCCO4)cc1. The van der Waals surface area contributed by atoms with E-state index in [0.717, 1.165) is 58.2 Å². The maximum absolute atomic E-state index is 13.4. The molecule has 5 nitrogen and oxygen atoms in total. The number of nitrogens with one attached hydrogen (secondary N) is 1. The van der Waals surface area contributed by atoms with Gasteiger partial charge in [-0.15, -0.1) is 0 Å². The Labute approximate surface area is 183 Å². The molecule has 1 aliphatic carbocycles. The second kappa shape index (κ2) is 7.63. The summed E-state index contributed by atoms with van der Waals surface area (Å²) in [5.74, 6) is 2.44. The summed E-state index contributed by atoms with van der Waals surface area (Å²) in [6.45, 7) is 8.19. The van der Waals surface area contributed by atoms with Crippen molar-refractivity contribution in [2.45, 2.75) is 46.0 Å². The number of hydrogen-bond donors (Lipinski definition) is 1. The van der Waals surface area contributed by atoms with Crippen LogP contribution in [0.4, 0.5) is 5.69 Å². The van der Waals surface area contributed by atoms with Crippen LogP contribution in [0.5, 0.6) is 17.2 Å². The van der Waals surface area contributed by atoms with E-state index in [1.54, 1.807) is 0 Å². The first kappa shape index (κ1) is 20.0. The number of ether oxygens (including phenoxy) is 3. The molecular weight excluding hydrogens is 390 g/mol. The van der Waals surface area contributed by atoms with E-state index in [4.69, 9.17) is 14.2 Å². The Bertz CT molecular complexity index is 1050. The zero-order valence-electron chi connectivity index (χ0n) is 18.4. The fourth-order valence-corrected chi connectivity index (χ4v) is 4.87. The Hall–Kier alpha value is -2.95. The van der Waals surface area contributed by atoms with Gasteiger partial charge in [0.2, 0.25) is 0 Å². The number of benzene rings is 2. The number of Topliss-reactive ketones (excluding diaryl/α,β-unsaturated/α-hetero) is 1. The van der Waals surface area contributed by atoms with Crippen molar-refractivity contribution in [3.05, 3.63) is 58.8 Å². The van der Waals surface area contributed by atoms with Crippen LogP contribution in [0.25, 0.3) is 0 Å². The van der Waals surface area contributed by atoms with Gasteiger partial charge in [0.05, 0.1) is 6.61 Å². The van der Waals surface area contributed by atoms with Crippen LogP contribution in [-0.4, -0.2) is 25.6 Å². The van der Waals surface area contributed by atoms with Gasteiger partial charge in [0.1, 0.15) is 19.0 Å². The predicted molar refractivity (Wildman–Crippen MR) is 120 cm³/mol. The summed E-state index contributed by atoms with van der Waals surface area (Å²) in [6, 6.07) is 12.2. The number of rotatable bonds is 4. The number of fused-ring (bicyclic) bond motifs is 2. The summed E-state index contributed by atoms with van der Waals surface area (Å²) >= 11 is 0. The summed E-state index contributed by atoms with van der Waals surface area (Å²) in [4.78, 5) is 13.4. The normalized spacial score (nSPS) is 21.1. The number of carbonyl (C=O) groups excluding carboxylic acids is 1. The fraction of sp³-hybridized carbons (Fsp3) is 0.423. The van der Waals surface area contributed by atoms with Crippen molar-refractivity contribution >= 4 is 11.5 Å². The average Bonchev–Trinajstić information content (AvgIpc) is 2.74. The zero-order chi connectivity index (χ0) is 21.6. The summed E-state index contributed by atoms with van der Waals surface area (Å²) in [7, 11) is 0. The molecule has 2 aromatic carbocycles. The first-order valence-electron chi connectivity index (χ1n) is 11.1. The highest BCUT2D eigenvalue weighted by Gasteiger charge is 2.41. The minimum atomic E-state index is -0.133. The van der Waals surface area contributed by atoms with E-state index in [9.17, 15) is 4.79 Å². The van der Waals surface area contributed by atoms with Crippen LogP contribution in [0, 0.1) is 5.41 Å². The van der Waals surface area contributed by atoms with Crippen LogP contribution in [-0.2, 0) is 4.79 Å². The molecule has 2 aliphatic heterocycles. The van der Waals surface area contributed by atoms with Gasteiger partial charge in [-0.25, -0.2) is 0 Å². The van der Waals surface area contributed by atoms with Crippen molar-refractivity contribution < 1.29 is 19.0 Å². The summed E-state index contributed by atoms with van der Waals surface area (Å²) in [6.07, 6.45) is 2.37. The van der Waals surface area contributed by atoms with Crippen molar-refractivity contribution in [1.82, 2.24) is 0 Å². The number of carbonyl (C=O) groups is 1. The van der Waals surface area contributed by atoms with E-state index < -0.39 is 0 Å². The number of anilines is 1. The molecule has 0 saturated carbocycles. The Morgan fingerprint density at radius 3 is 2.48 bits per heavy atom. The van der Waals surface area contributed by atoms with Gasteiger partial charge in [-0.2, -0.15) is 0 Å². The van der Waals surface area contributed by atoms with Crippen molar-refractivity contribution in [1.29, 1.82) is 0 Å². The monoisotopic (exact) mass is 419 g/mol. The van der Waals surface area contributed by atoms with Gasteiger partial charge in [0, 0.05) is 35.4 Å². The minimum Gasteiger partial charge on any atom is -0.494 e. The first-order chi connectivity index (χ1) is 14.9. The minimum absolute atomic E-state index is 0.0589. The lowest BCUT2D eigenvalue weighted by Gasteiger charge is -2.40. The predicted octanol–water partition coefficient (Wildman–Crippen LogP) is 5.45. The molecule has 31 heavy (non-hydrogen) atoms. The molecule has 0 spiro atoms. The van der Waals surface area contributed by atoms with Crippen LogP contribution in [0.15, 0.2) is 47.7 Å². The molecule has 5 heteroatoms. The van der Waals surface area contributed by atoms with Crippen LogP contribution in [0.2, 0.25) is 0 Å². The van der Waals surface area contributed by atoms with E-state index in [-0.39, 0.29) is 17.1 Å². The Kier molecular flexibility index (Phi) is 4.92. The molecule has 0 saturated heterocycles. The molecule has 2 aromatic rings. The first-order valence-corrected chi connectivity index (χ1v) is 11.1. The van der Waals surface area contributed by atoms with Gasteiger partial charge in [-0.1, -0.05) is 32.9 Å². The van der Waals surface area contributed by atoms with Crippen LogP contribution in [0.3, 0.4) is 0 Å². The van der Waals surface area contributed by atoms with Gasteiger partial charge in [0.25, 0.3) is 0 Å². The lowest BCUT2D eigenvalue weighted by Crippen LogP contribution is -2.34. The van der Waals surface area contributed by atoms with Crippen molar-refractivity contribution in [2.24, 2.45) is 5.41 Å². The molecule has 5 rings (SSSR count). The molecule has 3 aliphatic rings. The maximum atomic E-state index is 13.4. The third kappa shape index (κ3) is 3.67. The number of hydrogen-bond acceptors (Lipinski definition) is 5. The summed E-state index contributed by atoms with van der Waals surface area (Å²) < 4.78 is 17.4. The van der Waals surface area contributed by atoms with E-state index in [1.165, 1.54) is 0 Å². The average molecular weight is 420 g/mol. The lowest BCUT2D eigenvalue weighted by atomic mass is 9.68. The third-order valence-corrected chi connectivity index (χ3v) is 6.21. The van der Waals surface area contributed by atoms with E-state index in [1.807, 2.05) is 24.3 Å². The highest BCUT2D eigenvalue weighted by molar-refractivity contribution is 6.01.